The molecule has 1 unspecified atom stereocenters. The molecule has 6 heteroatoms. The Morgan fingerprint density at radius 3 is 1.31 bits per heavy atom. The van der Waals surface area contributed by atoms with E-state index in [4.69, 9.17) is 14.4 Å². The Hall–Kier alpha value is 0.347. The van der Waals surface area contributed by atoms with Gasteiger partial charge in [-0.05, 0) is 20.3 Å². The van der Waals surface area contributed by atoms with Crippen molar-refractivity contribution in [2.24, 2.45) is 0 Å². The number of halogens is 1. The molecule has 0 saturated heterocycles. The molecule has 32 heavy (non-hydrogen) atoms. The van der Waals surface area contributed by atoms with Gasteiger partial charge in [0.25, 0.3) is 0 Å². The third kappa shape index (κ3) is 17.8. The van der Waals surface area contributed by atoms with Crippen LogP contribution in [0.5, 0.6) is 0 Å². The zero-order valence-corrected chi connectivity index (χ0v) is 25.6. The lowest BCUT2D eigenvalue weighted by molar-refractivity contribution is -1.18. The van der Waals surface area contributed by atoms with Crippen molar-refractivity contribution in [2.75, 3.05) is 21.3 Å². The molecular weight excluding hydrogens is 438 g/mol. The van der Waals surface area contributed by atoms with Crippen molar-refractivity contribution in [1.29, 1.82) is 0 Å². The lowest BCUT2D eigenvalue weighted by Gasteiger charge is -2.38. The Morgan fingerprint density at radius 1 is 0.656 bits per heavy atom. The molecule has 0 aliphatic rings. The van der Waals surface area contributed by atoms with Crippen LogP contribution < -0.4 is 12.4 Å². The maximum atomic E-state index is 5.74. The van der Waals surface area contributed by atoms with Crippen LogP contribution in [0.2, 0.25) is 0 Å². The number of nitrogens with zero attached hydrogens (tertiary/aromatic N) is 1. The Labute approximate surface area is 210 Å². The highest BCUT2D eigenvalue weighted by atomic mass is 35.5. The van der Waals surface area contributed by atoms with Gasteiger partial charge in [0, 0.05) is 20.0 Å². The van der Waals surface area contributed by atoms with Gasteiger partial charge in [-0.3, -0.25) is 0 Å². The summed E-state index contributed by atoms with van der Waals surface area (Å²) in [4.78, 5) is 11.5. The fraction of sp³-hybridized carbons (Fsp3) is 1.00. The summed E-state index contributed by atoms with van der Waals surface area (Å²) in [6, 6.07) is 0.336. The van der Waals surface area contributed by atoms with Crippen molar-refractivity contribution in [1.82, 2.24) is 0 Å². The van der Waals surface area contributed by atoms with Gasteiger partial charge in [0.1, 0.15) is 6.04 Å². The van der Waals surface area contributed by atoms with E-state index >= 15 is 0 Å². The minimum absolute atomic E-state index is 0. The molecule has 0 aromatic heterocycles. The van der Waals surface area contributed by atoms with Gasteiger partial charge >= 0.3 is 10.4 Å². The second-order valence-electron chi connectivity index (χ2n) is 10.2. The maximum absolute atomic E-state index is 5.74. The average molecular weight is 496 g/mol. The summed E-state index contributed by atoms with van der Waals surface area (Å²) in [5.74, 6) is 0. The van der Waals surface area contributed by atoms with Crippen LogP contribution in [0.15, 0.2) is 0 Å². The minimum atomic E-state index is -0.148. The normalized spacial score (nSPS) is 13.3. The van der Waals surface area contributed by atoms with E-state index in [0.717, 1.165) is 23.2 Å². The fourth-order valence-corrected chi connectivity index (χ4v) is 4.89. The van der Waals surface area contributed by atoms with Gasteiger partial charge in [0.15, 0.2) is 0 Å². The average Bonchev–Trinajstić information content (AvgIpc) is 2.77. The van der Waals surface area contributed by atoms with Crippen LogP contribution in [0, 0.1) is 0 Å². The van der Waals surface area contributed by atoms with Gasteiger partial charge in [-0.2, -0.15) is 9.68 Å². The number of methoxy groups -OCH3 is 1. The van der Waals surface area contributed by atoms with Gasteiger partial charge in [0.2, 0.25) is 0 Å². The Kier molecular flexibility index (Phi) is 23.6. The van der Waals surface area contributed by atoms with Crippen LogP contribution in [-0.2, 0) is 14.4 Å². The van der Waals surface area contributed by atoms with Crippen LogP contribution in [0.1, 0.15) is 136 Å². The van der Waals surface area contributed by atoms with Gasteiger partial charge in [0.05, 0.1) is 19.8 Å². The van der Waals surface area contributed by atoms with E-state index in [9.17, 15) is 0 Å². The van der Waals surface area contributed by atoms with Crippen LogP contribution in [0.25, 0.3) is 0 Å². The summed E-state index contributed by atoms with van der Waals surface area (Å²) >= 11 is 0. The first-order valence-corrected chi connectivity index (χ1v) is 14.3. The smallest absolute Gasteiger partial charge is 0.308 e. The molecule has 0 radical (unpaired) electrons. The molecule has 0 amide bonds. The van der Waals surface area contributed by atoms with Crippen LogP contribution in [0.3, 0.4) is 0 Å². The fourth-order valence-electron chi connectivity index (χ4n) is 4.45. The second-order valence-corrected chi connectivity index (χ2v) is 11.4. The molecule has 4 nitrogen and oxygen atoms in total. The topological polar surface area (TPSA) is 27.7 Å². The summed E-state index contributed by atoms with van der Waals surface area (Å²) < 4.78 is 6.00. The summed E-state index contributed by atoms with van der Waals surface area (Å²) in [7, 11) is 6.13. The predicted molar refractivity (Wildman–Crippen MR) is 138 cm³/mol. The van der Waals surface area contributed by atoms with Gasteiger partial charge < -0.3 is 17.1 Å². The van der Waals surface area contributed by atoms with Crippen molar-refractivity contribution in [2.45, 2.75) is 148 Å². The van der Waals surface area contributed by atoms with E-state index in [2.05, 4.69) is 20.8 Å². The highest BCUT2D eigenvalue weighted by Gasteiger charge is 2.38. The number of quaternary nitrogens is 1. The second kappa shape index (κ2) is 21.9. The quantitative estimate of drug-likeness (QED) is 0.122. The zero-order valence-electron chi connectivity index (χ0n) is 22.9. The standard InChI is InChI=1S/C26H58NO3Si.ClH/c1-7-8-9-10-11-12-13-14-15-16-17-18-19-20-21-22-23-25(24-26(2,3)28-4)27(31,29-5)30-6;/h25H,7-24H2,1-6,31H3;1H/q+1;/p-1. The molecule has 0 aliphatic carbocycles. The molecular formula is C26H58ClNO3Si. The van der Waals surface area contributed by atoms with Gasteiger partial charge in [-0.15, -0.1) is 4.48 Å². The summed E-state index contributed by atoms with van der Waals surface area (Å²) in [6.45, 7) is 6.61. The number of ether oxygens (including phenoxy) is 1. The molecule has 0 aliphatic heterocycles. The summed E-state index contributed by atoms with van der Waals surface area (Å²) in [6.07, 6.45) is 24.6. The molecule has 0 fully saturated rings. The van der Waals surface area contributed by atoms with E-state index < -0.39 is 0 Å². The van der Waals surface area contributed by atoms with Gasteiger partial charge in [-0.1, -0.05) is 103 Å². The van der Waals surface area contributed by atoms with E-state index in [1.54, 1.807) is 21.3 Å². The minimum Gasteiger partial charge on any atom is -1.00 e. The first kappa shape index (κ1) is 34.5. The lowest BCUT2D eigenvalue weighted by Crippen LogP contribution is -3.00. The molecule has 0 spiro atoms. The van der Waals surface area contributed by atoms with Gasteiger partial charge in [-0.25, -0.2) is 0 Å². The molecule has 0 bridgehead atoms. The Balaban J connectivity index is 0. The number of hydrogen-bond donors (Lipinski definition) is 0. The molecule has 0 aromatic carbocycles. The summed E-state index contributed by atoms with van der Waals surface area (Å²) in [5, 5.41) is 0. The molecule has 0 heterocycles. The van der Waals surface area contributed by atoms with Crippen LogP contribution >= 0.6 is 0 Å². The predicted octanol–water partition coefficient (Wildman–Crippen LogP) is 4.05. The van der Waals surface area contributed by atoms with E-state index in [0.29, 0.717) is 10.5 Å². The number of unbranched alkanes of at least 4 members (excludes halogenated alkanes) is 15. The Morgan fingerprint density at radius 2 is 1.00 bits per heavy atom. The van der Waals surface area contributed by atoms with Crippen molar-refractivity contribution < 1.29 is 31.3 Å². The van der Waals surface area contributed by atoms with E-state index in [1.165, 1.54) is 103 Å². The SMILES string of the molecule is CCCCCCCCCCCCCCCCCCC(CC(C)(C)OC)[N+]([SiH3])(OC)OC.[Cl-]. The largest absolute Gasteiger partial charge is 1.00 e. The van der Waals surface area contributed by atoms with E-state index in [1.807, 2.05) is 0 Å². The van der Waals surface area contributed by atoms with Crippen molar-refractivity contribution in [3.05, 3.63) is 0 Å². The third-order valence-corrected chi connectivity index (χ3v) is 8.52. The molecule has 0 aromatic rings. The molecule has 0 saturated carbocycles. The van der Waals surface area contributed by atoms with Crippen molar-refractivity contribution in [3.8, 4) is 0 Å². The van der Waals surface area contributed by atoms with Crippen molar-refractivity contribution >= 4 is 10.4 Å². The number of rotatable bonds is 23. The highest BCUT2D eigenvalue weighted by molar-refractivity contribution is 5.96. The van der Waals surface area contributed by atoms with Crippen LogP contribution in [-0.4, -0.2) is 47.9 Å². The number of hydroxylamine groups is 2. The molecule has 0 N–H and O–H groups in total. The van der Waals surface area contributed by atoms with Crippen LogP contribution in [0.4, 0.5) is 0 Å². The van der Waals surface area contributed by atoms with Crippen molar-refractivity contribution in [3.63, 3.8) is 0 Å². The van der Waals surface area contributed by atoms with E-state index in [-0.39, 0.29) is 18.0 Å². The molecule has 0 rings (SSSR count). The first-order valence-electron chi connectivity index (χ1n) is 13.4. The number of hydrogen-bond acceptors (Lipinski definition) is 3. The monoisotopic (exact) mass is 495 g/mol. The highest BCUT2D eigenvalue weighted by Crippen LogP contribution is 2.27. The molecule has 1 atom stereocenters. The zero-order chi connectivity index (χ0) is 23.4. The summed E-state index contributed by atoms with van der Waals surface area (Å²) in [5.41, 5.74) is -0.148. The molecule has 196 valence electrons. The first-order chi connectivity index (χ1) is 14.8. The third-order valence-electron chi connectivity index (χ3n) is 7.06. The maximum Gasteiger partial charge on any atom is 0.308 e. The lowest BCUT2D eigenvalue weighted by atomic mass is 9.95. The Bertz CT molecular complexity index is 395.